The maximum Gasteiger partial charge on any atom is 0.251 e. The second-order valence-electron chi connectivity index (χ2n) is 6.74. The van der Waals surface area contributed by atoms with Crippen LogP contribution in [0.25, 0.3) is 0 Å². The van der Waals surface area contributed by atoms with E-state index in [2.05, 4.69) is 10.0 Å². The van der Waals surface area contributed by atoms with E-state index in [1.165, 1.54) is 30.2 Å². The van der Waals surface area contributed by atoms with E-state index in [4.69, 9.17) is 16.3 Å². The van der Waals surface area contributed by atoms with Crippen LogP contribution in [0.3, 0.4) is 0 Å². The fourth-order valence-electron chi connectivity index (χ4n) is 2.62. The van der Waals surface area contributed by atoms with E-state index in [1.807, 2.05) is 0 Å². The summed E-state index contributed by atoms with van der Waals surface area (Å²) in [4.78, 5) is 25.7. The van der Waals surface area contributed by atoms with Crippen LogP contribution in [0, 0.1) is 0 Å². The average molecular weight is 454 g/mol. The van der Waals surface area contributed by atoms with Crippen LogP contribution in [0.1, 0.15) is 22.8 Å². The molecule has 8 nitrogen and oxygen atoms in total. The highest BCUT2D eigenvalue weighted by molar-refractivity contribution is 7.89. The minimum atomic E-state index is -3.99. The van der Waals surface area contributed by atoms with Gasteiger partial charge in [0.25, 0.3) is 5.91 Å². The molecule has 162 valence electrons. The van der Waals surface area contributed by atoms with E-state index in [0.29, 0.717) is 10.6 Å². The lowest BCUT2D eigenvalue weighted by Gasteiger charge is -2.18. The maximum atomic E-state index is 12.8. The molecule has 1 unspecified atom stereocenters. The number of likely N-dealkylation sites (N-methyl/N-ethyl adjacent to an activating group) is 1. The number of hydrogen-bond donors (Lipinski definition) is 2. The van der Waals surface area contributed by atoms with Gasteiger partial charge in [-0.15, -0.1) is 0 Å². The summed E-state index contributed by atoms with van der Waals surface area (Å²) in [6.45, 7) is 1.59. The predicted octanol–water partition coefficient (Wildman–Crippen LogP) is 2.03. The highest BCUT2D eigenvalue weighted by atomic mass is 35.5. The Morgan fingerprint density at radius 3 is 2.33 bits per heavy atom. The molecule has 0 aliphatic carbocycles. The van der Waals surface area contributed by atoms with Gasteiger partial charge in [-0.05, 0) is 42.8 Å². The van der Waals surface area contributed by atoms with Gasteiger partial charge >= 0.3 is 0 Å². The number of nitrogens with zero attached hydrogens (tertiary/aromatic N) is 1. The van der Waals surface area contributed by atoms with Crippen LogP contribution in [0.2, 0.25) is 5.02 Å². The lowest BCUT2D eigenvalue weighted by atomic mass is 10.2. The topological polar surface area (TPSA) is 105 Å². The Hall–Kier alpha value is -2.62. The molecule has 0 radical (unpaired) electrons. The first-order chi connectivity index (χ1) is 14.0. The molecule has 2 aromatic carbocycles. The van der Waals surface area contributed by atoms with Gasteiger partial charge in [-0.2, -0.15) is 0 Å². The number of rotatable bonds is 8. The zero-order valence-corrected chi connectivity index (χ0v) is 18.7. The second-order valence-corrected chi connectivity index (χ2v) is 8.92. The molecule has 0 aliphatic heterocycles. The van der Waals surface area contributed by atoms with Crippen LogP contribution in [-0.4, -0.2) is 52.4 Å². The van der Waals surface area contributed by atoms with E-state index in [9.17, 15) is 18.0 Å². The monoisotopic (exact) mass is 453 g/mol. The van der Waals surface area contributed by atoms with E-state index in [-0.39, 0.29) is 28.7 Å². The van der Waals surface area contributed by atoms with Crippen molar-refractivity contribution in [3.63, 3.8) is 0 Å². The summed E-state index contributed by atoms with van der Waals surface area (Å²) in [5, 5.41) is 3.10. The summed E-state index contributed by atoms with van der Waals surface area (Å²) in [5.74, 6) is -0.767. The fourth-order valence-corrected chi connectivity index (χ4v) is 3.95. The molecule has 2 aromatic rings. The van der Waals surface area contributed by atoms with Crippen LogP contribution in [-0.2, 0) is 21.4 Å². The summed E-state index contributed by atoms with van der Waals surface area (Å²) in [6, 6.07) is 10.00. The normalized spacial score (nSPS) is 12.2. The molecule has 0 aromatic heterocycles. The van der Waals surface area contributed by atoms with Gasteiger partial charge in [0, 0.05) is 31.2 Å². The number of carbonyl (C=O) groups is 2. The van der Waals surface area contributed by atoms with E-state index in [1.54, 1.807) is 45.3 Å². The third-order valence-electron chi connectivity index (χ3n) is 4.25. The Morgan fingerprint density at radius 2 is 1.77 bits per heavy atom. The lowest BCUT2D eigenvalue weighted by molar-refractivity contribution is -0.130. The quantitative estimate of drug-likeness (QED) is 0.636. The number of hydrogen-bond acceptors (Lipinski definition) is 5. The third-order valence-corrected chi connectivity index (χ3v) is 5.93. The van der Waals surface area contributed by atoms with Crippen LogP contribution in [0.4, 0.5) is 0 Å². The number of sulfonamides is 1. The van der Waals surface area contributed by atoms with Gasteiger partial charge in [0.2, 0.25) is 15.9 Å². The van der Waals surface area contributed by atoms with Crippen molar-refractivity contribution >= 4 is 33.4 Å². The van der Waals surface area contributed by atoms with Crippen molar-refractivity contribution in [2.75, 3.05) is 21.2 Å². The second kappa shape index (κ2) is 9.92. The number of nitrogens with one attached hydrogen (secondary N) is 2. The minimum absolute atomic E-state index is 0.0352. The molecular weight excluding hydrogens is 430 g/mol. The standard InChI is InChI=1S/C20H24ClN3O5S/c1-13(20(26)24(2)3)23-19(25)15-7-10-17(29-4)18(11-15)30(27,28)22-12-14-5-8-16(21)9-6-14/h5-11,13,22H,12H2,1-4H3,(H,23,25). The van der Waals surface area contributed by atoms with Crippen LogP contribution in [0.5, 0.6) is 5.75 Å². The smallest absolute Gasteiger partial charge is 0.251 e. The highest BCUT2D eigenvalue weighted by Gasteiger charge is 2.23. The van der Waals surface area contributed by atoms with Gasteiger partial charge in [-0.25, -0.2) is 13.1 Å². The van der Waals surface area contributed by atoms with Crippen LogP contribution < -0.4 is 14.8 Å². The molecule has 30 heavy (non-hydrogen) atoms. The SMILES string of the molecule is COc1ccc(C(=O)NC(C)C(=O)N(C)C)cc1S(=O)(=O)NCc1ccc(Cl)cc1. The molecular formula is C20H24ClN3O5S. The first kappa shape index (κ1) is 23.7. The van der Waals surface area contributed by atoms with Crippen molar-refractivity contribution in [2.24, 2.45) is 0 Å². The summed E-state index contributed by atoms with van der Waals surface area (Å²) in [5.41, 5.74) is 0.799. The molecule has 0 spiro atoms. The molecule has 10 heteroatoms. The Balaban J connectivity index is 2.24. The van der Waals surface area contributed by atoms with E-state index in [0.717, 1.165) is 0 Å². The van der Waals surface area contributed by atoms with E-state index < -0.39 is 22.0 Å². The highest BCUT2D eigenvalue weighted by Crippen LogP contribution is 2.25. The molecule has 2 rings (SSSR count). The molecule has 1 atom stereocenters. The Bertz CT molecular complexity index is 1020. The first-order valence-electron chi connectivity index (χ1n) is 8.99. The van der Waals surface area contributed by atoms with Crippen LogP contribution >= 0.6 is 11.6 Å². The molecule has 0 heterocycles. The van der Waals surface area contributed by atoms with Gasteiger partial charge in [-0.3, -0.25) is 9.59 Å². The van der Waals surface area contributed by atoms with E-state index >= 15 is 0 Å². The lowest BCUT2D eigenvalue weighted by Crippen LogP contribution is -2.44. The Kier molecular flexibility index (Phi) is 7.83. The Labute approximate surface area is 181 Å². The largest absolute Gasteiger partial charge is 0.495 e. The molecule has 0 saturated carbocycles. The first-order valence-corrected chi connectivity index (χ1v) is 10.9. The third kappa shape index (κ3) is 5.94. The molecule has 2 amide bonds. The zero-order valence-electron chi connectivity index (χ0n) is 17.1. The molecule has 2 N–H and O–H groups in total. The van der Waals surface area contributed by atoms with Crippen molar-refractivity contribution < 1.29 is 22.7 Å². The molecule has 0 saturated heterocycles. The number of methoxy groups -OCH3 is 1. The molecule has 0 aliphatic rings. The summed E-state index contributed by atoms with van der Waals surface area (Å²) in [7, 11) is 0.507. The van der Waals surface area contributed by atoms with Gasteiger partial charge in [-0.1, -0.05) is 23.7 Å². The van der Waals surface area contributed by atoms with Crippen molar-refractivity contribution in [2.45, 2.75) is 24.4 Å². The minimum Gasteiger partial charge on any atom is -0.495 e. The molecule has 0 bridgehead atoms. The molecule has 0 fully saturated rings. The van der Waals surface area contributed by atoms with Gasteiger partial charge in [0.15, 0.2) is 0 Å². The van der Waals surface area contributed by atoms with Crippen molar-refractivity contribution in [1.29, 1.82) is 0 Å². The zero-order chi connectivity index (χ0) is 22.5. The van der Waals surface area contributed by atoms with Gasteiger partial charge in [0.05, 0.1) is 7.11 Å². The van der Waals surface area contributed by atoms with Crippen molar-refractivity contribution in [3.8, 4) is 5.75 Å². The predicted molar refractivity (Wildman–Crippen MR) is 114 cm³/mol. The summed E-state index contributed by atoms with van der Waals surface area (Å²) >= 11 is 5.84. The van der Waals surface area contributed by atoms with Gasteiger partial charge in [0.1, 0.15) is 16.7 Å². The number of halogens is 1. The number of amides is 2. The number of carbonyl (C=O) groups excluding carboxylic acids is 2. The Morgan fingerprint density at radius 1 is 1.13 bits per heavy atom. The van der Waals surface area contributed by atoms with Crippen molar-refractivity contribution in [3.05, 3.63) is 58.6 Å². The summed E-state index contributed by atoms with van der Waals surface area (Å²) in [6.07, 6.45) is 0. The number of ether oxygens (including phenoxy) is 1. The van der Waals surface area contributed by atoms with Crippen LogP contribution in [0.15, 0.2) is 47.4 Å². The average Bonchev–Trinajstić information content (AvgIpc) is 2.72. The summed E-state index contributed by atoms with van der Waals surface area (Å²) < 4.78 is 33.3. The number of benzene rings is 2. The van der Waals surface area contributed by atoms with Crippen molar-refractivity contribution in [1.82, 2.24) is 14.9 Å². The van der Waals surface area contributed by atoms with Gasteiger partial charge < -0.3 is 15.0 Å². The maximum absolute atomic E-state index is 12.8. The fraction of sp³-hybridized carbons (Fsp3) is 0.300.